The van der Waals surface area contributed by atoms with Crippen molar-refractivity contribution in [2.45, 2.75) is 104 Å². The van der Waals surface area contributed by atoms with Crippen molar-refractivity contribution in [1.82, 2.24) is 0 Å². The predicted octanol–water partition coefficient (Wildman–Crippen LogP) is 4.06. The highest BCUT2D eigenvalue weighted by molar-refractivity contribution is 4.93. The molecule has 1 aliphatic rings. The molecule has 0 aliphatic carbocycles. The fraction of sp³-hybridized carbons (Fsp3) is 1.00. The number of rotatable bonds is 9. The highest BCUT2D eigenvalue weighted by Crippen LogP contribution is 2.38. The maximum Gasteiger partial charge on any atom is 0.110 e. The summed E-state index contributed by atoms with van der Waals surface area (Å²) in [5.41, 5.74) is -0.324. The van der Waals surface area contributed by atoms with Crippen LogP contribution in [-0.4, -0.2) is 41.7 Å². The van der Waals surface area contributed by atoms with Gasteiger partial charge in [0.2, 0.25) is 0 Å². The maximum atomic E-state index is 10.7. The molecule has 1 aliphatic heterocycles. The number of unbranched alkanes of at least 4 members (excludes halogenated alkanes) is 1. The first-order valence-corrected chi connectivity index (χ1v) is 8.97. The fourth-order valence-electron chi connectivity index (χ4n) is 3.08. The second kappa shape index (κ2) is 8.54. The predicted molar refractivity (Wildman–Crippen MR) is 92.5 cm³/mol. The summed E-state index contributed by atoms with van der Waals surface area (Å²) < 4.78 is 12.3. The molecule has 0 saturated carbocycles. The van der Waals surface area contributed by atoms with E-state index in [2.05, 4.69) is 46.7 Å². The minimum atomic E-state index is -0.808. The summed E-state index contributed by atoms with van der Waals surface area (Å²) >= 11 is 0. The molecule has 1 rings (SSSR count). The summed E-state index contributed by atoms with van der Waals surface area (Å²) in [6, 6.07) is 0. The molecule has 0 radical (unpaired) electrons. The van der Waals surface area contributed by atoms with Gasteiger partial charge in [0.05, 0.1) is 17.8 Å². The van der Waals surface area contributed by atoms with E-state index in [0.717, 1.165) is 25.7 Å². The van der Waals surface area contributed by atoms with E-state index in [4.69, 9.17) is 9.47 Å². The van der Waals surface area contributed by atoms with E-state index in [9.17, 15) is 10.0 Å². The molecular formula is C18H35NO4. The Morgan fingerprint density at radius 1 is 1.26 bits per heavy atom. The Hall–Kier alpha value is -0.520. The lowest BCUT2D eigenvalue weighted by molar-refractivity contribution is -0.228. The van der Waals surface area contributed by atoms with Gasteiger partial charge in [-0.1, -0.05) is 45.7 Å². The number of hydrogen-bond donors (Lipinski definition) is 1. The highest BCUT2D eigenvalue weighted by atomic mass is 16.6. The molecular weight excluding hydrogens is 294 g/mol. The fourth-order valence-corrected chi connectivity index (χ4v) is 3.08. The summed E-state index contributed by atoms with van der Waals surface area (Å²) in [7, 11) is 0. The smallest absolute Gasteiger partial charge is 0.110 e. The topological polar surface area (TPSA) is 68.1 Å². The molecule has 0 aromatic heterocycles. The van der Waals surface area contributed by atoms with Crippen LogP contribution in [0.5, 0.6) is 0 Å². The van der Waals surface area contributed by atoms with Gasteiger partial charge >= 0.3 is 0 Å². The third-order valence-corrected chi connectivity index (χ3v) is 5.19. The van der Waals surface area contributed by atoms with Crippen molar-refractivity contribution in [3.8, 4) is 0 Å². The van der Waals surface area contributed by atoms with Gasteiger partial charge in [0, 0.05) is 6.42 Å². The van der Waals surface area contributed by atoms with Crippen molar-refractivity contribution >= 4 is 0 Å². The second-order valence-corrected chi connectivity index (χ2v) is 8.06. The summed E-state index contributed by atoms with van der Waals surface area (Å²) in [5, 5.41) is 13.5. The Balaban J connectivity index is 2.87. The molecule has 5 nitrogen and oxygen atoms in total. The van der Waals surface area contributed by atoms with E-state index in [1.807, 2.05) is 0 Å². The lowest BCUT2D eigenvalue weighted by Gasteiger charge is -2.46. The third-order valence-electron chi connectivity index (χ3n) is 5.19. The van der Waals surface area contributed by atoms with Gasteiger partial charge in [0.1, 0.15) is 18.8 Å². The summed E-state index contributed by atoms with van der Waals surface area (Å²) in [6.07, 6.45) is 3.01. The highest BCUT2D eigenvalue weighted by Gasteiger charge is 2.45. The van der Waals surface area contributed by atoms with Crippen LogP contribution < -0.4 is 0 Å². The zero-order valence-electron chi connectivity index (χ0n) is 15.7. The monoisotopic (exact) mass is 329 g/mol. The first kappa shape index (κ1) is 20.5. The van der Waals surface area contributed by atoms with E-state index < -0.39 is 12.2 Å². The molecule has 0 amide bonds. The van der Waals surface area contributed by atoms with E-state index in [-0.39, 0.29) is 29.8 Å². The summed E-state index contributed by atoms with van der Waals surface area (Å²) in [6.45, 7) is 12.7. The van der Waals surface area contributed by atoms with Gasteiger partial charge in [-0.15, -0.1) is 0 Å². The molecule has 136 valence electrons. The van der Waals surface area contributed by atoms with Crippen LogP contribution >= 0.6 is 0 Å². The zero-order chi connectivity index (χ0) is 17.7. The Bertz CT molecular complexity index is 370. The largest absolute Gasteiger partial charge is 0.388 e. The number of ether oxygens (including phenoxy) is 2. The maximum absolute atomic E-state index is 10.7. The Morgan fingerprint density at radius 3 is 2.43 bits per heavy atom. The van der Waals surface area contributed by atoms with Crippen LogP contribution in [-0.2, 0) is 9.47 Å². The van der Waals surface area contributed by atoms with Gasteiger partial charge < -0.3 is 14.6 Å². The van der Waals surface area contributed by atoms with Crippen molar-refractivity contribution in [3.63, 3.8) is 0 Å². The van der Waals surface area contributed by atoms with Crippen LogP contribution in [0.15, 0.2) is 5.18 Å². The van der Waals surface area contributed by atoms with Gasteiger partial charge in [0.25, 0.3) is 0 Å². The Kier molecular flexibility index (Phi) is 7.62. The van der Waals surface area contributed by atoms with Crippen molar-refractivity contribution < 1.29 is 14.6 Å². The van der Waals surface area contributed by atoms with Gasteiger partial charge in [-0.2, -0.15) is 4.91 Å². The molecule has 0 bridgehead atoms. The van der Waals surface area contributed by atoms with E-state index in [1.165, 1.54) is 0 Å². The van der Waals surface area contributed by atoms with Crippen molar-refractivity contribution in [1.29, 1.82) is 0 Å². The number of nitrogens with zero attached hydrogens (tertiary/aromatic N) is 1. The Morgan fingerprint density at radius 2 is 1.91 bits per heavy atom. The van der Waals surface area contributed by atoms with E-state index in [1.54, 1.807) is 0 Å². The molecule has 5 heteroatoms. The van der Waals surface area contributed by atoms with Crippen molar-refractivity contribution in [2.75, 3.05) is 6.54 Å². The minimum absolute atomic E-state index is 0.0313. The van der Waals surface area contributed by atoms with Gasteiger partial charge in [-0.05, 0) is 32.1 Å². The summed E-state index contributed by atoms with van der Waals surface area (Å²) in [4.78, 5) is 10.7. The van der Waals surface area contributed by atoms with Crippen LogP contribution in [0.1, 0.15) is 73.6 Å². The van der Waals surface area contributed by atoms with Gasteiger partial charge in [-0.25, -0.2) is 0 Å². The molecule has 0 aromatic rings. The van der Waals surface area contributed by atoms with E-state index in [0.29, 0.717) is 6.42 Å². The molecule has 1 N–H and O–H groups in total. The van der Waals surface area contributed by atoms with Crippen molar-refractivity contribution in [3.05, 3.63) is 4.91 Å². The number of aliphatic hydroxyl groups excluding tert-OH is 1. The normalized spacial score (nSPS) is 29.5. The third kappa shape index (κ3) is 5.80. The zero-order valence-corrected chi connectivity index (χ0v) is 15.7. The number of nitroso groups, excluding NO2 is 1. The molecule has 0 spiro atoms. The summed E-state index contributed by atoms with van der Waals surface area (Å²) in [5.74, 6) is 0. The van der Waals surface area contributed by atoms with Gasteiger partial charge in [0.15, 0.2) is 0 Å². The van der Waals surface area contributed by atoms with Crippen LogP contribution in [0.4, 0.5) is 0 Å². The van der Waals surface area contributed by atoms with Crippen LogP contribution in [0.2, 0.25) is 0 Å². The molecule has 1 heterocycles. The van der Waals surface area contributed by atoms with Crippen molar-refractivity contribution in [2.24, 2.45) is 10.6 Å². The van der Waals surface area contributed by atoms with E-state index >= 15 is 0 Å². The lowest BCUT2D eigenvalue weighted by atomic mass is 9.78. The van der Waals surface area contributed by atoms with Crippen LogP contribution in [0.25, 0.3) is 0 Å². The number of hydrogen-bond acceptors (Lipinski definition) is 5. The average Bonchev–Trinajstić information content (AvgIpc) is 2.49. The first-order chi connectivity index (χ1) is 10.7. The molecule has 23 heavy (non-hydrogen) atoms. The number of aliphatic hydroxyl groups is 1. The standard InChI is InChI=1S/C18H35NO4/c1-7-9-10-18(5,6)23-13-11-15(17(3,4)8-2)22-14(12-19-21)16(13)20/h13-16,20H,7-12H2,1-6H3. The van der Waals surface area contributed by atoms with Crippen LogP contribution in [0.3, 0.4) is 0 Å². The lowest BCUT2D eigenvalue weighted by Crippen LogP contribution is -2.55. The molecule has 0 aromatic carbocycles. The molecule has 4 unspecified atom stereocenters. The second-order valence-electron chi connectivity index (χ2n) is 8.06. The molecule has 1 saturated heterocycles. The SMILES string of the molecule is CCCCC(C)(C)OC1CC(C(C)(C)CC)OC(CN=O)C1O. The molecule has 4 atom stereocenters. The Labute approximate surface area is 141 Å². The van der Waals surface area contributed by atoms with Crippen LogP contribution in [0, 0.1) is 10.3 Å². The quantitative estimate of drug-likeness (QED) is 0.648. The van der Waals surface area contributed by atoms with Gasteiger partial charge in [-0.3, -0.25) is 0 Å². The molecule has 1 fully saturated rings. The average molecular weight is 329 g/mol. The minimum Gasteiger partial charge on any atom is -0.388 e. The first-order valence-electron chi connectivity index (χ1n) is 8.97.